The Morgan fingerprint density at radius 3 is 2.50 bits per heavy atom. The molecule has 0 saturated carbocycles. The minimum Gasteiger partial charge on any atom is -0.328 e. The van der Waals surface area contributed by atoms with Crippen molar-refractivity contribution in [1.29, 1.82) is 0 Å². The van der Waals surface area contributed by atoms with Crippen LogP contribution in [0.15, 0.2) is 18.5 Å². The first-order chi connectivity index (χ1) is 5.55. The number of rotatable bonds is 2. The fourth-order valence-corrected chi connectivity index (χ4v) is 0.857. The third-order valence-corrected chi connectivity index (χ3v) is 1.45. The zero-order valence-corrected chi connectivity index (χ0v) is 6.12. The first kappa shape index (κ1) is 9.05. The molecule has 68 valence electrons. The second-order valence-electron chi connectivity index (χ2n) is 2.28. The van der Waals surface area contributed by atoms with Gasteiger partial charge in [0.25, 0.3) is 0 Å². The predicted octanol–water partition coefficient (Wildman–Crippen LogP) is 0.945. The van der Waals surface area contributed by atoms with Crippen LogP contribution in [-0.2, 0) is 0 Å². The molecular weight excluding hydrogens is 171 g/mol. The molecule has 0 aliphatic rings. The number of aromatic nitrogens is 2. The van der Waals surface area contributed by atoms with Gasteiger partial charge in [-0.05, 0) is 6.07 Å². The Morgan fingerprint density at radius 1 is 1.50 bits per heavy atom. The van der Waals surface area contributed by atoms with Crippen LogP contribution in [0.2, 0.25) is 0 Å². The summed E-state index contributed by atoms with van der Waals surface area (Å²) in [6.07, 6.45) is -1.81. The highest BCUT2D eigenvalue weighted by Gasteiger charge is 2.40. The molecule has 0 aliphatic carbocycles. The van der Waals surface area contributed by atoms with E-state index in [0.29, 0.717) is 0 Å². The summed E-state index contributed by atoms with van der Waals surface area (Å²) in [4.78, 5) is 0. The number of nitrogens with two attached hydrogens (primary N) is 1. The molecule has 1 atom stereocenters. The van der Waals surface area contributed by atoms with Crippen LogP contribution < -0.4 is 5.73 Å². The topological polar surface area (TPSA) is 43.8 Å². The van der Waals surface area contributed by atoms with Crippen LogP contribution in [0.5, 0.6) is 0 Å². The van der Waals surface area contributed by atoms with Gasteiger partial charge in [-0.2, -0.15) is 18.3 Å². The average molecular weight is 179 g/mol. The van der Waals surface area contributed by atoms with E-state index in [-0.39, 0.29) is 0 Å². The number of halogens is 3. The third kappa shape index (κ3) is 1.76. The highest BCUT2D eigenvalue weighted by atomic mass is 19.4. The van der Waals surface area contributed by atoms with Crippen molar-refractivity contribution in [2.45, 2.75) is 12.2 Å². The summed E-state index contributed by atoms with van der Waals surface area (Å²) in [5.74, 6) is 0. The van der Waals surface area contributed by atoms with Gasteiger partial charge in [0.2, 0.25) is 0 Å². The lowest BCUT2D eigenvalue weighted by Gasteiger charge is -2.18. The van der Waals surface area contributed by atoms with Gasteiger partial charge < -0.3 is 5.73 Å². The molecule has 2 N–H and O–H groups in total. The Morgan fingerprint density at radius 2 is 2.17 bits per heavy atom. The van der Waals surface area contributed by atoms with Gasteiger partial charge in [-0.15, -0.1) is 0 Å². The van der Waals surface area contributed by atoms with Gasteiger partial charge in [0.1, 0.15) is 0 Å². The summed E-state index contributed by atoms with van der Waals surface area (Å²) in [6.45, 7) is -0.495. The largest absolute Gasteiger partial charge is 0.412 e. The molecule has 0 bridgehead atoms. The molecule has 0 spiro atoms. The summed E-state index contributed by atoms with van der Waals surface area (Å²) in [5, 5.41) is 3.47. The predicted molar refractivity (Wildman–Crippen MR) is 36.4 cm³/mol. The van der Waals surface area contributed by atoms with Crippen LogP contribution in [-0.4, -0.2) is 22.5 Å². The smallest absolute Gasteiger partial charge is 0.328 e. The Bertz CT molecular complexity index is 229. The summed E-state index contributed by atoms with van der Waals surface area (Å²) in [5.41, 5.74) is 4.97. The summed E-state index contributed by atoms with van der Waals surface area (Å²) in [6, 6.07) is -0.290. The first-order valence-electron chi connectivity index (χ1n) is 3.31. The van der Waals surface area contributed by atoms with Gasteiger partial charge in [0.15, 0.2) is 6.04 Å². The van der Waals surface area contributed by atoms with Crippen molar-refractivity contribution in [1.82, 2.24) is 9.78 Å². The molecule has 0 aliphatic heterocycles. The maximum atomic E-state index is 12.1. The van der Waals surface area contributed by atoms with Crippen LogP contribution >= 0.6 is 0 Å². The lowest BCUT2D eigenvalue weighted by atomic mass is 10.3. The van der Waals surface area contributed by atoms with Crippen molar-refractivity contribution >= 4 is 0 Å². The molecule has 3 nitrogen and oxygen atoms in total. The summed E-state index contributed by atoms with van der Waals surface area (Å²) >= 11 is 0. The zero-order chi connectivity index (χ0) is 9.19. The van der Waals surface area contributed by atoms with Crippen LogP contribution in [0.25, 0.3) is 0 Å². The van der Waals surface area contributed by atoms with E-state index in [4.69, 9.17) is 5.73 Å². The van der Waals surface area contributed by atoms with E-state index in [0.717, 1.165) is 4.68 Å². The molecular formula is C6H8F3N3. The summed E-state index contributed by atoms with van der Waals surface area (Å²) in [7, 11) is 0. The number of alkyl halides is 3. The van der Waals surface area contributed by atoms with Crippen molar-refractivity contribution < 1.29 is 13.2 Å². The van der Waals surface area contributed by atoms with Gasteiger partial charge in [-0.25, -0.2) is 0 Å². The van der Waals surface area contributed by atoms with E-state index in [2.05, 4.69) is 5.10 Å². The Kier molecular flexibility index (Phi) is 2.37. The van der Waals surface area contributed by atoms with Crippen molar-refractivity contribution in [2.24, 2.45) is 5.73 Å². The molecule has 12 heavy (non-hydrogen) atoms. The normalized spacial score (nSPS) is 14.7. The minimum absolute atomic E-state index is 0.495. The van der Waals surface area contributed by atoms with Crippen LogP contribution in [0.4, 0.5) is 13.2 Å². The Hall–Kier alpha value is -1.04. The number of hydrogen-bond donors (Lipinski definition) is 1. The van der Waals surface area contributed by atoms with Crippen molar-refractivity contribution in [3.05, 3.63) is 18.5 Å². The van der Waals surface area contributed by atoms with E-state index in [1.165, 1.54) is 18.5 Å². The molecule has 0 amide bonds. The lowest BCUT2D eigenvalue weighted by molar-refractivity contribution is -0.167. The Labute approximate surface area is 67.0 Å². The van der Waals surface area contributed by atoms with E-state index in [9.17, 15) is 13.2 Å². The fourth-order valence-electron chi connectivity index (χ4n) is 0.857. The molecule has 0 fully saturated rings. The molecule has 1 aromatic rings. The molecule has 0 radical (unpaired) electrons. The average Bonchev–Trinajstić information content (AvgIpc) is 2.38. The van der Waals surface area contributed by atoms with E-state index in [1.54, 1.807) is 0 Å². The Balaban J connectivity index is 2.84. The molecule has 1 unspecified atom stereocenters. The van der Waals surface area contributed by atoms with Crippen molar-refractivity contribution in [3.63, 3.8) is 0 Å². The minimum atomic E-state index is -4.33. The molecule has 1 rings (SSSR count). The van der Waals surface area contributed by atoms with Gasteiger partial charge >= 0.3 is 6.18 Å². The van der Waals surface area contributed by atoms with Crippen LogP contribution in [0.3, 0.4) is 0 Å². The molecule has 1 heterocycles. The standard InChI is InChI=1S/C6H8F3N3/c7-6(8,9)5(4-10)12-3-1-2-11-12/h1-3,5H,4,10H2. The van der Waals surface area contributed by atoms with Gasteiger partial charge in [-0.1, -0.05) is 0 Å². The fraction of sp³-hybridized carbons (Fsp3) is 0.500. The monoisotopic (exact) mass is 179 g/mol. The van der Waals surface area contributed by atoms with Gasteiger partial charge in [-0.3, -0.25) is 4.68 Å². The third-order valence-electron chi connectivity index (χ3n) is 1.45. The highest BCUT2D eigenvalue weighted by molar-refractivity contribution is 4.84. The summed E-state index contributed by atoms with van der Waals surface area (Å²) < 4.78 is 37.2. The van der Waals surface area contributed by atoms with Crippen molar-refractivity contribution in [3.8, 4) is 0 Å². The quantitative estimate of drug-likeness (QED) is 0.734. The van der Waals surface area contributed by atoms with Gasteiger partial charge in [0, 0.05) is 18.9 Å². The maximum Gasteiger partial charge on any atom is 0.412 e. The van der Waals surface area contributed by atoms with Crippen molar-refractivity contribution in [2.75, 3.05) is 6.54 Å². The molecule has 0 aromatic carbocycles. The molecule has 6 heteroatoms. The first-order valence-corrected chi connectivity index (χ1v) is 3.31. The lowest BCUT2D eigenvalue weighted by Crippen LogP contribution is -2.33. The highest BCUT2D eigenvalue weighted by Crippen LogP contribution is 2.28. The van der Waals surface area contributed by atoms with E-state index >= 15 is 0 Å². The van der Waals surface area contributed by atoms with Gasteiger partial charge in [0.05, 0.1) is 0 Å². The maximum absolute atomic E-state index is 12.1. The van der Waals surface area contributed by atoms with Crippen LogP contribution in [0, 0.1) is 0 Å². The molecule has 0 saturated heterocycles. The SMILES string of the molecule is NCC(n1cccn1)C(F)(F)F. The zero-order valence-electron chi connectivity index (χ0n) is 6.12. The van der Waals surface area contributed by atoms with E-state index < -0.39 is 18.8 Å². The number of hydrogen-bond acceptors (Lipinski definition) is 2. The molecule has 1 aromatic heterocycles. The number of nitrogens with zero attached hydrogens (tertiary/aromatic N) is 2. The second-order valence-corrected chi connectivity index (χ2v) is 2.28. The second kappa shape index (κ2) is 3.14. The van der Waals surface area contributed by atoms with Crippen LogP contribution in [0.1, 0.15) is 6.04 Å². The van der Waals surface area contributed by atoms with E-state index in [1.807, 2.05) is 0 Å².